The molecular formula is C20H21N3O5. The molecule has 146 valence electrons. The lowest BCUT2D eigenvalue weighted by Gasteiger charge is -2.18. The highest BCUT2D eigenvalue weighted by molar-refractivity contribution is 5.79. The first-order chi connectivity index (χ1) is 13.4. The van der Waals surface area contributed by atoms with E-state index >= 15 is 0 Å². The lowest BCUT2D eigenvalue weighted by Crippen LogP contribution is -2.35. The number of para-hydroxylation sites is 2. The van der Waals surface area contributed by atoms with Gasteiger partial charge in [0, 0.05) is 31.8 Å². The van der Waals surface area contributed by atoms with Gasteiger partial charge in [0.15, 0.2) is 5.58 Å². The van der Waals surface area contributed by atoms with E-state index in [2.05, 4.69) is 0 Å². The van der Waals surface area contributed by atoms with E-state index in [-0.39, 0.29) is 24.1 Å². The molecule has 2 aromatic heterocycles. The minimum absolute atomic E-state index is 0.0758. The fourth-order valence-electron chi connectivity index (χ4n) is 3.45. The van der Waals surface area contributed by atoms with Crippen LogP contribution in [-0.4, -0.2) is 39.1 Å². The first-order valence-corrected chi connectivity index (χ1v) is 9.13. The van der Waals surface area contributed by atoms with Crippen molar-refractivity contribution in [2.45, 2.75) is 26.0 Å². The summed E-state index contributed by atoms with van der Waals surface area (Å²) in [5, 5.41) is 0. The summed E-state index contributed by atoms with van der Waals surface area (Å²) in [7, 11) is 1.71. The zero-order valence-corrected chi connectivity index (χ0v) is 15.8. The molecule has 1 saturated heterocycles. The summed E-state index contributed by atoms with van der Waals surface area (Å²) in [6.45, 7) is 2.72. The van der Waals surface area contributed by atoms with Crippen LogP contribution in [0.25, 0.3) is 11.1 Å². The molecule has 0 N–H and O–H groups in total. The van der Waals surface area contributed by atoms with E-state index in [4.69, 9.17) is 9.15 Å². The maximum absolute atomic E-state index is 12.7. The number of nitrogens with zero attached hydrogens (tertiary/aromatic N) is 3. The zero-order chi connectivity index (χ0) is 19.8. The number of ether oxygens (including phenoxy) is 1. The van der Waals surface area contributed by atoms with Crippen molar-refractivity contribution < 1.29 is 13.9 Å². The van der Waals surface area contributed by atoms with Gasteiger partial charge in [0.25, 0.3) is 5.56 Å². The predicted octanol–water partition coefficient (Wildman–Crippen LogP) is 1.28. The van der Waals surface area contributed by atoms with Gasteiger partial charge in [-0.2, -0.15) is 0 Å². The number of hydrogen-bond acceptors (Lipinski definition) is 5. The van der Waals surface area contributed by atoms with Crippen molar-refractivity contribution in [2.24, 2.45) is 7.05 Å². The summed E-state index contributed by atoms with van der Waals surface area (Å²) >= 11 is 0. The Balaban J connectivity index is 1.44. The number of benzene rings is 1. The number of hydrogen-bond donors (Lipinski definition) is 0. The number of carbonyl (C=O) groups is 1. The topological polar surface area (TPSA) is 86.7 Å². The van der Waals surface area contributed by atoms with Crippen LogP contribution in [0, 0.1) is 6.92 Å². The molecule has 4 rings (SSSR count). The Morgan fingerprint density at radius 3 is 2.82 bits per heavy atom. The van der Waals surface area contributed by atoms with Gasteiger partial charge in [-0.25, -0.2) is 4.79 Å². The Hall–Kier alpha value is -3.29. The molecule has 8 heteroatoms. The Kier molecular flexibility index (Phi) is 4.54. The number of carbonyl (C=O) groups excluding carboxylic acids is 1. The van der Waals surface area contributed by atoms with E-state index in [0.29, 0.717) is 36.4 Å². The molecule has 0 aliphatic carbocycles. The highest BCUT2D eigenvalue weighted by Crippen LogP contribution is 2.19. The third kappa shape index (κ3) is 3.33. The number of likely N-dealkylation sites (tertiary alicyclic amines) is 1. The average molecular weight is 383 g/mol. The number of aryl methyl sites for hydroxylation is 1. The summed E-state index contributed by atoms with van der Waals surface area (Å²) in [6, 6.07) is 10.3. The number of oxazole rings is 1. The normalized spacial score (nSPS) is 16.6. The quantitative estimate of drug-likeness (QED) is 0.677. The highest BCUT2D eigenvalue weighted by Gasteiger charge is 2.28. The largest absolute Gasteiger partial charge is 0.488 e. The van der Waals surface area contributed by atoms with Crippen molar-refractivity contribution >= 4 is 17.0 Å². The number of rotatable bonds is 4. The molecule has 1 unspecified atom stereocenters. The molecule has 8 nitrogen and oxygen atoms in total. The van der Waals surface area contributed by atoms with Crippen LogP contribution in [-0.2, 0) is 18.4 Å². The molecule has 28 heavy (non-hydrogen) atoms. The lowest BCUT2D eigenvalue weighted by atomic mass is 10.3. The van der Waals surface area contributed by atoms with Crippen molar-refractivity contribution in [3.8, 4) is 5.75 Å². The second-order valence-corrected chi connectivity index (χ2v) is 7.02. The summed E-state index contributed by atoms with van der Waals surface area (Å²) in [5.74, 6) is -0.200. The van der Waals surface area contributed by atoms with Crippen LogP contribution in [0.15, 0.2) is 50.4 Å². The summed E-state index contributed by atoms with van der Waals surface area (Å²) in [6.07, 6.45) is 0.481. The van der Waals surface area contributed by atoms with Crippen LogP contribution in [0.2, 0.25) is 0 Å². The van der Waals surface area contributed by atoms with Gasteiger partial charge < -0.3 is 18.6 Å². The molecule has 1 fully saturated rings. The van der Waals surface area contributed by atoms with Crippen LogP contribution in [0.1, 0.15) is 12.1 Å². The SMILES string of the molecule is Cc1cc(OC2CCN(C(=O)Cn3c(=O)oc4ccccc43)C2)cc(=O)n1C. The van der Waals surface area contributed by atoms with E-state index in [1.807, 2.05) is 13.0 Å². The van der Waals surface area contributed by atoms with E-state index in [9.17, 15) is 14.4 Å². The van der Waals surface area contributed by atoms with Crippen molar-refractivity contribution in [2.75, 3.05) is 13.1 Å². The maximum Gasteiger partial charge on any atom is 0.420 e. The van der Waals surface area contributed by atoms with E-state index in [1.54, 1.807) is 40.8 Å². The molecule has 0 bridgehead atoms. The monoisotopic (exact) mass is 383 g/mol. The minimum atomic E-state index is -0.544. The maximum atomic E-state index is 12.7. The molecule has 1 amide bonds. The fraction of sp³-hybridized carbons (Fsp3) is 0.350. The van der Waals surface area contributed by atoms with E-state index in [0.717, 1.165) is 5.69 Å². The van der Waals surface area contributed by atoms with Gasteiger partial charge in [0.1, 0.15) is 18.4 Å². The van der Waals surface area contributed by atoms with Crippen LogP contribution >= 0.6 is 0 Å². The van der Waals surface area contributed by atoms with Gasteiger partial charge >= 0.3 is 5.76 Å². The van der Waals surface area contributed by atoms with Crippen LogP contribution < -0.4 is 16.1 Å². The molecular weight excluding hydrogens is 362 g/mol. The number of amides is 1. The Bertz CT molecular complexity index is 1160. The standard InChI is InChI=1S/C20H21N3O5/c1-13-9-15(10-18(24)21(13)2)27-14-7-8-22(11-14)19(25)12-23-16-5-3-4-6-17(16)28-20(23)26/h3-6,9-10,14H,7-8,11-12H2,1-2H3. The average Bonchev–Trinajstić information content (AvgIpc) is 3.24. The Morgan fingerprint density at radius 2 is 2.04 bits per heavy atom. The number of pyridine rings is 1. The Morgan fingerprint density at radius 1 is 1.25 bits per heavy atom. The second-order valence-electron chi connectivity index (χ2n) is 7.02. The summed E-state index contributed by atoms with van der Waals surface area (Å²) in [5.41, 5.74) is 1.74. The van der Waals surface area contributed by atoms with Crippen molar-refractivity contribution in [1.82, 2.24) is 14.0 Å². The molecule has 0 saturated carbocycles. The Labute approximate surface area is 160 Å². The van der Waals surface area contributed by atoms with Crippen molar-refractivity contribution in [1.29, 1.82) is 0 Å². The van der Waals surface area contributed by atoms with Gasteiger partial charge in [0.05, 0.1) is 12.1 Å². The molecule has 3 aromatic rings. The molecule has 1 aromatic carbocycles. The first-order valence-electron chi connectivity index (χ1n) is 9.13. The van der Waals surface area contributed by atoms with Gasteiger partial charge in [-0.15, -0.1) is 0 Å². The minimum Gasteiger partial charge on any atom is -0.488 e. The third-order valence-electron chi connectivity index (χ3n) is 5.14. The van der Waals surface area contributed by atoms with Crippen LogP contribution in [0.5, 0.6) is 5.75 Å². The molecule has 0 radical (unpaired) electrons. The predicted molar refractivity (Wildman–Crippen MR) is 103 cm³/mol. The lowest BCUT2D eigenvalue weighted by molar-refractivity contribution is -0.131. The van der Waals surface area contributed by atoms with Crippen LogP contribution in [0.4, 0.5) is 0 Å². The number of aromatic nitrogens is 2. The second kappa shape index (κ2) is 7.03. The summed E-state index contributed by atoms with van der Waals surface area (Å²) in [4.78, 5) is 38.3. The van der Waals surface area contributed by atoms with Gasteiger partial charge in [-0.3, -0.25) is 14.2 Å². The molecule has 1 aliphatic rings. The highest BCUT2D eigenvalue weighted by atomic mass is 16.5. The fourth-order valence-corrected chi connectivity index (χ4v) is 3.45. The molecule has 1 atom stereocenters. The third-order valence-corrected chi connectivity index (χ3v) is 5.14. The smallest absolute Gasteiger partial charge is 0.420 e. The van der Waals surface area contributed by atoms with Crippen LogP contribution in [0.3, 0.4) is 0 Å². The molecule has 3 heterocycles. The zero-order valence-electron chi connectivity index (χ0n) is 15.8. The van der Waals surface area contributed by atoms with E-state index < -0.39 is 5.76 Å². The van der Waals surface area contributed by atoms with Crippen molar-refractivity contribution in [3.63, 3.8) is 0 Å². The van der Waals surface area contributed by atoms with E-state index in [1.165, 1.54) is 10.6 Å². The molecule has 0 spiro atoms. The molecule has 1 aliphatic heterocycles. The number of fused-ring (bicyclic) bond motifs is 1. The first kappa shape index (κ1) is 18.1. The van der Waals surface area contributed by atoms with Gasteiger partial charge in [-0.1, -0.05) is 12.1 Å². The van der Waals surface area contributed by atoms with Gasteiger partial charge in [-0.05, 0) is 25.1 Å². The van der Waals surface area contributed by atoms with Crippen molar-refractivity contribution in [3.05, 3.63) is 63.0 Å². The van der Waals surface area contributed by atoms with Gasteiger partial charge in [0.2, 0.25) is 5.91 Å². The summed E-state index contributed by atoms with van der Waals surface area (Å²) < 4.78 is 14.0.